The fraction of sp³-hybridized carbons (Fsp3) is 1.00. The van der Waals surface area contributed by atoms with Gasteiger partial charge in [0.2, 0.25) is 0 Å². The zero-order chi connectivity index (χ0) is 12.7. The maximum atomic E-state index is 5.71. The molecule has 2 unspecified atom stereocenters. The molecule has 0 aromatic heterocycles. The third kappa shape index (κ3) is 4.89. The number of methoxy groups -OCH3 is 1. The molecule has 3 N–H and O–H groups in total. The summed E-state index contributed by atoms with van der Waals surface area (Å²) in [6.45, 7) is 4.22. The fourth-order valence-corrected chi connectivity index (χ4v) is 2.57. The summed E-state index contributed by atoms with van der Waals surface area (Å²) in [5.74, 6) is 5.71. The molecule has 0 bridgehead atoms. The molecule has 0 radical (unpaired) electrons. The Morgan fingerprint density at radius 2 is 2.18 bits per heavy atom. The molecule has 1 rings (SSSR count). The minimum absolute atomic E-state index is 0.343. The molecular weight excluding hydrogens is 216 g/mol. The van der Waals surface area contributed by atoms with Crippen molar-refractivity contribution in [3.05, 3.63) is 0 Å². The highest BCUT2D eigenvalue weighted by atomic mass is 16.5. The number of hydrazine groups is 1. The molecule has 1 fully saturated rings. The SMILES string of the molecule is COCCCC(NN)C1CN(C)CCCN1C. The molecule has 102 valence electrons. The van der Waals surface area contributed by atoms with Crippen LogP contribution in [0.3, 0.4) is 0 Å². The van der Waals surface area contributed by atoms with Gasteiger partial charge in [-0.2, -0.15) is 0 Å². The van der Waals surface area contributed by atoms with Crippen molar-refractivity contribution in [3.63, 3.8) is 0 Å². The quantitative estimate of drug-likeness (QED) is 0.388. The van der Waals surface area contributed by atoms with E-state index in [9.17, 15) is 0 Å². The number of hydrogen-bond donors (Lipinski definition) is 2. The van der Waals surface area contributed by atoms with Crippen LogP contribution >= 0.6 is 0 Å². The van der Waals surface area contributed by atoms with Crippen molar-refractivity contribution in [3.8, 4) is 0 Å². The summed E-state index contributed by atoms with van der Waals surface area (Å²) in [6.07, 6.45) is 3.35. The Bertz CT molecular complexity index is 203. The molecule has 5 nitrogen and oxygen atoms in total. The predicted octanol–water partition coefficient (Wildman–Crippen LogP) is -0.119. The first-order valence-corrected chi connectivity index (χ1v) is 6.53. The van der Waals surface area contributed by atoms with E-state index in [0.29, 0.717) is 12.1 Å². The topological polar surface area (TPSA) is 53.8 Å². The second-order valence-corrected chi connectivity index (χ2v) is 5.07. The predicted molar refractivity (Wildman–Crippen MR) is 70.8 cm³/mol. The Morgan fingerprint density at radius 3 is 2.82 bits per heavy atom. The molecule has 0 aliphatic carbocycles. The van der Waals surface area contributed by atoms with E-state index >= 15 is 0 Å². The van der Waals surface area contributed by atoms with Gasteiger partial charge in [-0.1, -0.05) is 0 Å². The summed E-state index contributed by atoms with van der Waals surface area (Å²) in [7, 11) is 6.13. The van der Waals surface area contributed by atoms with E-state index in [1.807, 2.05) is 0 Å². The number of nitrogens with one attached hydrogen (secondary N) is 1. The van der Waals surface area contributed by atoms with Crippen LogP contribution < -0.4 is 11.3 Å². The van der Waals surface area contributed by atoms with E-state index < -0.39 is 0 Å². The first-order valence-electron chi connectivity index (χ1n) is 6.53. The molecule has 5 heteroatoms. The van der Waals surface area contributed by atoms with E-state index in [-0.39, 0.29) is 0 Å². The van der Waals surface area contributed by atoms with Gasteiger partial charge in [0, 0.05) is 32.3 Å². The third-order valence-electron chi connectivity index (χ3n) is 3.66. The average Bonchev–Trinajstić information content (AvgIpc) is 2.47. The minimum atomic E-state index is 0.343. The summed E-state index contributed by atoms with van der Waals surface area (Å²) in [5.41, 5.74) is 2.99. The number of nitrogens with zero attached hydrogens (tertiary/aromatic N) is 2. The van der Waals surface area contributed by atoms with E-state index in [1.54, 1.807) is 7.11 Å². The smallest absolute Gasteiger partial charge is 0.0462 e. The molecule has 1 aliphatic heterocycles. The molecule has 1 heterocycles. The fourth-order valence-electron chi connectivity index (χ4n) is 2.57. The maximum Gasteiger partial charge on any atom is 0.0462 e. The van der Waals surface area contributed by atoms with Crippen LogP contribution in [0.2, 0.25) is 0 Å². The number of rotatable bonds is 6. The molecule has 1 aliphatic rings. The molecule has 0 aromatic rings. The van der Waals surface area contributed by atoms with Gasteiger partial charge in [0.25, 0.3) is 0 Å². The number of nitrogens with two attached hydrogens (primary N) is 1. The summed E-state index contributed by atoms with van der Waals surface area (Å²) in [6, 6.07) is 0.833. The standard InChI is InChI=1S/C12H28N4O/c1-15-7-5-8-16(2)12(10-15)11(14-13)6-4-9-17-3/h11-12,14H,4-10,13H2,1-3H3. The third-order valence-corrected chi connectivity index (χ3v) is 3.66. The second kappa shape index (κ2) is 8.00. The lowest BCUT2D eigenvalue weighted by molar-refractivity contribution is 0.152. The largest absolute Gasteiger partial charge is 0.385 e. The van der Waals surface area contributed by atoms with Crippen LogP contribution in [0.1, 0.15) is 19.3 Å². The van der Waals surface area contributed by atoms with Gasteiger partial charge in [0.05, 0.1) is 0 Å². The van der Waals surface area contributed by atoms with E-state index in [2.05, 4.69) is 29.3 Å². The number of likely N-dealkylation sites (N-methyl/N-ethyl adjacent to an activating group) is 2. The highest BCUT2D eigenvalue weighted by Gasteiger charge is 2.27. The van der Waals surface area contributed by atoms with Gasteiger partial charge < -0.3 is 14.5 Å². The van der Waals surface area contributed by atoms with Crippen LogP contribution in [0, 0.1) is 0 Å². The van der Waals surface area contributed by atoms with Crippen molar-refractivity contribution in [2.24, 2.45) is 5.84 Å². The average molecular weight is 244 g/mol. The van der Waals surface area contributed by atoms with Crippen molar-refractivity contribution >= 4 is 0 Å². The van der Waals surface area contributed by atoms with Crippen molar-refractivity contribution in [1.29, 1.82) is 0 Å². The van der Waals surface area contributed by atoms with Gasteiger partial charge in [-0.15, -0.1) is 0 Å². The second-order valence-electron chi connectivity index (χ2n) is 5.07. The summed E-state index contributed by atoms with van der Waals surface area (Å²) in [4.78, 5) is 4.83. The first kappa shape index (κ1) is 14.9. The van der Waals surface area contributed by atoms with Crippen LogP contribution in [0.15, 0.2) is 0 Å². The van der Waals surface area contributed by atoms with E-state index in [0.717, 1.165) is 32.5 Å². The Hall–Kier alpha value is -0.200. The summed E-state index contributed by atoms with van der Waals surface area (Å²) < 4.78 is 5.10. The monoisotopic (exact) mass is 244 g/mol. The zero-order valence-corrected chi connectivity index (χ0v) is 11.5. The highest BCUT2D eigenvalue weighted by Crippen LogP contribution is 2.13. The number of ether oxygens (including phenoxy) is 1. The molecule has 17 heavy (non-hydrogen) atoms. The Kier molecular flexibility index (Phi) is 6.99. The molecule has 0 saturated carbocycles. The van der Waals surface area contributed by atoms with Crippen LogP contribution in [0.25, 0.3) is 0 Å². The molecule has 0 aromatic carbocycles. The van der Waals surface area contributed by atoms with Gasteiger partial charge in [-0.3, -0.25) is 11.3 Å². The minimum Gasteiger partial charge on any atom is -0.385 e. The Labute approximate surface area is 105 Å². The Morgan fingerprint density at radius 1 is 1.41 bits per heavy atom. The maximum absolute atomic E-state index is 5.71. The first-order chi connectivity index (χ1) is 8.19. The van der Waals surface area contributed by atoms with Crippen molar-refractivity contribution < 1.29 is 4.74 Å². The van der Waals surface area contributed by atoms with Gasteiger partial charge in [-0.25, -0.2) is 0 Å². The van der Waals surface area contributed by atoms with Crippen molar-refractivity contribution in [2.75, 3.05) is 47.4 Å². The molecule has 1 saturated heterocycles. The molecular formula is C12H28N4O. The number of hydrogen-bond acceptors (Lipinski definition) is 5. The van der Waals surface area contributed by atoms with Crippen molar-refractivity contribution in [1.82, 2.24) is 15.2 Å². The molecule has 0 spiro atoms. The van der Waals surface area contributed by atoms with Crippen molar-refractivity contribution in [2.45, 2.75) is 31.3 Å². The van der Waals surface area contributed by atoms with Crippen LogP contribution in [-0.4, -0.2) is 69.3 Å². The molecule has 0 amide bonds. The van der Waals surface area contributed by atoms with E-state index in [1.165, 1.54) is 13.0 Å². The van der Waals surface area contributed by atoms with Crippen LogP contribution in [0.4, 0.5) is 0 Å². The summed E-state index contributed by atoms with van der Waals surface area (Å²) in [5, 5.41) is 0. The highest BCUT2D eigenvalue weighted by molar-refractivity contribution is 4.86. The van der Waals surface area contributed by atoms with Crippen LogP contribution in [-0.2, 0) is 4.74 Å². The van der Waals surface area contributed by atoms with Crippen LogP contribution in [0.5, 0.6) is 0 Å². The van der Waals surface area contributed by atoms with Gasteiger partial charge in [0.1, 0.15) is 0 Å². The van der Waals surface area contributed by atoms with Gasteiger partial charge >= 0.3 is 0 Å². The lowest BCUT2D eigenvalue weighted by Crippen LogP contribution is -2.54. The normalized spacial score (nSPS) is 25.8. The summed E-state index contributed by atoms with van der Waals surface area (Å²) >= 11 is 0. The lowest BCUT2D eigenvalue weighted by Gasteiger charge is -2.34. The zero-order valence-electron chi connectivity index (χ0n) is 11.5. The Balaban J connectivity index is 2.50. The van der Waals surface area contributed by atoms with E-state index in [4.69, 9.17) is 10.6 Å². The molecule has 2 atom stereocenters. The van der Waals surface area contributed by atoms with Gasteiger partial charge in [-0.05, 0) is 46.4 Å². The van der Waals surface area contributed by atoms with Gasteiger partial charge in [0.15, 0.2) is 0 Å². The lowest BCUT2D eigenvalue weighted by atomic mass is 10.0.